The predicted octanol–water partition coefficient (Wildman–Crippen LogP) is 3.63. The van der Waals surface area contributed by atoms with Crippen LogP contribution >= 0.6 is 11.8 Å². The van der Waals surface area contributed by atoms with Gasteiger partial charge in [0.25, 0.3) is 0 Å². The van der Waals surface area contributed by atoms with Gasteiger partial charge in [0.05, 0.1) is 18.0 Å². The smallest absolute Gasteiger partial charge is 0.237 e. The first-order valence-electron chi connectivity index (χ1n) is 6.32. The van der Waals surface area contributed by atoms with Crippen molar-refractivity contribution >= 4 is 23.4 Å². The van der Waals surface area contributed by atoms with Crippen LogP contribution in [0.3, 0.4) is 0 Å². The summed E-state index contributed by atoms with van der Waals surface area (Å²) in [6.45, 7) is 2.73. The molecule has 0 unspecified atom stereocenters. The first-order chi connectivity index (χ1) is 9.24. The number of benzene rings is 2. The van der Waals surface area contributed by atoms with Crippen LogP contribution in [-0.4, -0.2) is 11.7 Å². The van der Waals surface area contributed by atoms with Crippen molar-refractivity contribution in [1.82, 2.24) is 0 Å². The minimum Gasteiger partial charge on any atom is -0.306 e. The number of nitrogens with zero attached hydrogens (tertiary/aromatic N) is 1. The molecule has 2 nitrogen and oxygen atoms in total. The number of carbonyl (C=O) groups is 1. The molecule has 0 bridgehead atoms. The average molecular weight is 269 g/mol. The number of fused-ring (bicyclic) bond motifs is 1. The highest BCUT2D eigenvalue weighted by Crippen LogP contribution is 2.35. The maximum atomic E-state index is 12.2. The number of amides is 1. The summed E-state index contributed by atoms with van der Waals surface area (Å²) in [5.74, 6) is 0.716. The Kier molecular flexibility index (Phi) is 3.30. The van der Waals surface area contributed by atoms with Gasteiger partial charge in [-0.2, -0.15) is 0 Å². The first kappa shape index (κ1) is 12.3. The Morgan fingerprint density at radius 1 is 1.16 bits per heavy atom. The molecular weight excluding hydrogens is 254 g/mol. The van der Waals surface area contributed by atoms with Crippen LogP contribution in [0, 0.1) is 6.92 Å². The van der Waals surface area contributed by atoms with E-state index in [-0.39, 0.29) is 5.91 Å². The summed E-state index contributed by atoms with van der Waals surface area (Å²) in [5, 5.41) is 0. The molecule has 0 N–H and O–H groups in total. The van der Waals surface area contributed by atoms with E-state index in [4.69, 9.17) is 0 Å². The van der Waals surface area contributed by atoms with Crippen molar-refractivity contribution < 1.29 is 4.79 Å². The molecule has 0 aliphatic carbocycles. The molecule has 0 radical (unpaired) electrons. The SMILES string of the molecule is Cc1cccc(CN2C(=O)CSc3ccccc32)c1. The second-order valence-electron chi connectivity index (χ2n) is 4.73. The molecule has 1 heterocycles. The molecule has 0 saturated heterocycles. The normalized spacial score (nSPS) is 14.4. The second-order valence-corrected chi connectivity index (χ2v) is 5.74. The van der Waals surface area contributed by atoms with Gasteiger partial charge in [0, 0.05) is 4.90 Å². The van der Waals surface area contributed by atoms with Crippen LogP contribution in [-0.2, 0) is 11.3 Å². The van der Waals surface area contributed by atoms with Gasteiger partial charge in [-0.1, -0.05) is 42.0 Å². The number of aryl methyl sites for hydroxylation is 1. The molecule has 2 aromatic rings. The van der Waals surface area contributed by atoms with Gasteiger partial charge in [-0.25, -0.2) is 0 Å². The third-order valence-corrected chi connectivity index (χ3v) is 4.28. The third kappa shape index (κ3) is 2.51. The molecule has 0 aromatic heterocycles. The van der Waals surface area contributed by atoms with Crippen molar-refractivity contribution in [1.29, 1.82) is 0 Å². The lowest BCUT2D eigenvalue weighted by molar-refractivity contribution is -0.116. The fourth-order valence-electron chi connectivity index (χ4n) is 2.32. The molecule has 0 atom stereocenters. The number of hydrogen-bond acceptors (Lipinski definition) is 2. The van der Waals surface area contributed by atoms with E-state index in [1.807, 2.05) is 29.2 Å². The minimum absolute atomic E-state index is 0.185. The molecule has 2 aromatic carbocycles. The van der Waals surface area contributed by atoms with Crippen LogP contribution in [0.5, 0.6) is 0 Å². The van der Waals surface area contributed by atoms with Gasteiger partial charge in [0.15, 0.2) is 0 Å². The van der Waals surface area contributed by atoms with Gasteiger partial charge in [-0.15, -0.1) is 11.8 Å². The Labute approximate surface area is 117 Å². The zero-order valence-electron chi connectivity index (χ0n) is 10.8. The molecule has 3 rings (SSSR count). The van der Waals surface area contributed by atoms with Crippen molar-refractivity contribution in [2.75, 3.05) is 10.7 Å². The average Bonchev–Trinajstić information content (AvgIpc) is 2.42. The van der Waals surface area contributed by atoms with Crippen molar-refractivity contribution in [2.24, 2.45) is 0 Å². The number of rotatable bonds is 2. The monoisotopic (exact) mass is 269 g/mol. The Morgan fingerprint density at radius 3 is 2.84 bits per heavy atom. The highest BCUT2D eigenvalue weighted by atomic mass is 32.2. The summed E-state index contributed by atoms with van der Waals surface area (Å²) in [5.41, 5.74) is 3.44. The van der Waals surface area contributed by atoms with Gasteiger partial charge in [0.2, 0.25) is 5.91 Å². The van der Waals surface area contributed by atoms with Gasteiger partial charge in [-0.05, 0) is 24.6 Å². The lowest BCUT2D eigenvalue weighted by Crippen LogP contribution is -2.34. The second kappa shape index (κ2) is 5.10. The predicted molar refractivity (Wildman–Crippen MR) is 79.5 cm³/mol. The standard InChI is InChI=1S/C16H15NOS/c1-12-5-4-6-13(9-12)10-17-14-7-2-3-8-15(14)19-11-16(17)18/h2-9H,10-11H2,1H3. The number of carbonyl (C=O) groups excluding carboxylic acids is 1. The van der Waals surface area contributed by atoms with Crippen LogP contribution in [0.25, 0.3) is 0 Å². The highest BCUT2D eigenvalue weighted by molar-refractivity contribution is 8.00. The van der Waals surface area contributed by atoms with E-state index in [1.165, 1.54) is 16.0 Å². The molecule has 1 aliphatic heterocycles. The Morgan fingerprint density at radius 2 is 2.00 bits per heavy atom. The van der Waals surface area contributed by atoms with E-state index in [0.29, 0.717) is 12.3 Å². The van der Waals surface area contributed by atoms with E-state index in [9.17, 15) is 4.79 Å². The molecule has 3 heteroatoms. The Balaban J connectivity index is 1.94. The lowest BCUT2D eigenvalue weighted by atomic mass is 10.1. The Hall–Kier alpha value is -1.74. The van der Waals surface area contributed by atoms with Crippen LogP contribution in [0.1, 0.15) is 11.1 Å². The van der Waals surface area contributed by atoms with Crippen molar-refractivity contribution in [2.45, 2.75) is 18.4 Å². The van der Waals surface area contributed by atoms with Crippen molar-refractivity contribution in [3.63, 3.8) is 0 Å². The molecule has 1 aliphatic rings. The van der Waals surface area contributed by atoms with Gasteiger partial charge in [-0.3, -0.25) is 4.79 Å². The first-order valence-corrected chi connectivity index (χ1v) is 7.30. The van der Waals surface area contributed by atoms with Gasteiger partial charge < -0.3 is 4.90 Å². The largest absolute Gasteiger partial charge is 0.306 e. The summed E-state index contributed by atoms with van der Waals surface area (Å²) < 4.78 is 0. The summed E-state index contributed by atoms with van der Waals surface area (Å²) in [7, 11) is 0. The maximum absolute atomic E-state index is 12.2. The van der Waals surface area contributed by atoms with Crippen LogP contribution in [0.15, 0.2) is 53.4 Å². The lowest BCUT2D eigenvalue weighted by Gasteiger charge is -2.29. The van der Waals surface area contributed by atoms with Crippen LogP contribution in [0.4, 0.5) is 5.69 Å². The van der Waals surface area contributed by atoms with Crippen molar-refractivity contribution in [3.8, 4) is 0 Å². The molecule has 96 valence electrons. The van der Waals surface area contributed by atoms with Crippen LogP contribution in [0.2, 0.25) is 0 Å². The molecule has 1 amide bonds. The number of anilines is 1. The third-order valence-electron chi connectivity index (χ3n) is 3.23. The molecular formula is C16H15NOS. The fraction of sp³-hybridized carbons (Fsp3) is 0.188. The van der Waals surface area contributed by atoms with Crippen molar-refractivity contribution in [3.05, 3.63) is 59.7 Å². The van der Waals surface area contributed by atoms with E-state index >= 15 is 0 Å². The van der Waals surface area contributed by atoms with Gasteiger partial charge in [0.1, 0.15) is 0 Å². The molecule has 0 spiro atoms. The summed E-state index contributed by atoms with van der Waals surface area (Å²) in [6, 6.07) is 16.4. The van der Waals surface area contributed by atoms with E-state index in [1.54, 1.807) is 11.8 Å². The highest BCUT2D eigenvalue weighted by Gasteiger charge is 2.24. The fourth-order valence-corrected chi connectivity index (χ4v) is 3.26. The minimum atomic E-state index is 0.185. The Bertz CT molecular complexity index is 624. The van der Waals surface area contributed by atoms with E-state index < -0.39 is 0 Å². The number of para-hydroxylation sites is 1. The quantitative estimate of drug-likeness (QED) is 0.829. The number of hydrogen-bond donors (Lipinski definition) is 0. The van der Waals surface area contributed by atoms with E-state index in [0.717, 1.165) is 5.69 Å². The van der Waals surface area contributed by atoms with E-state index in [2.05, 4.69) is 31.2 Å². The molecule has 0 saturated carbocycles. The maximum Gasteiger partial charge on any atom is 0.237 e. The van der Waals surface area contributed by atoms with Gasteiger partial charge >= 0.3 is 0 Å². The zero-order valence-corrected chi connectivity index (χ0v) is 11.6. The molecule has 0 fully saturated rings. The number of thioether (sulfide) groups is 1. The zero-order chi connectivity index (χ0) is 13.2. The summed E-state index contributed by atoms with van der Waals surface area (Å²) >= 11 is 1.62. The summed E-state index contributed by atoms with van der Waals surface area (Å²) in [4.78, 5) is 15.2. The molecule has 19 heavy (non-hydrogen) atoms. The van der Waals surface area contributed by atoms with Crippen LogP contribution < -0.4 is 4.90 Å². The topological polar surface area (TPSA) is 20.3 Å². The summed E-state index contributed by atoms with van der Waals surface area (Å²) in [6.07, 6.45) is 0.